The third kappa shape index (κ3) is 1.28. The lowest BCUT2D eigenvalue weighted by Crippen LogP contribution is -1.94. The second kappa shape index (κ2) is 2.72. The van der Waals surface area contributed by atoms with Crippen molar-refractivity contribution < 1.29 is 0 Å². The smallest absolute Gasteiger partial charge is 0.139 e. The Hall–Kier alpha value is -2.00. The Balaban J connectivity index is 3.29. The molecule has 0 radical (unpaired) electrons. The van der Waals surface area contributed by atoms with Gasteiger partial charge in [0.1, 0.15) is 11.9 Å². The van der Waals surface area contributed by atoms with Crippen LogP contribution in [-0.4, -0.2) is 4.98 Å². The lowest BCUT2D eigenvalue weighted by Gasteiger charge is -1.95. The van der Waals surface area contributed by atoms with Crippen LogP contribution in [0.5, 0.6) is 0 Å². The average Bonchev–Trinajstić information content (AvgIpc) is 2.05. The zero-order valence-corrected chi connectivity index (χ0v) is 5.70. The zero-order chi connectivity index (χ0) is 8.27. The molecule has 1 heterocycles. The van der Waals surface area contributed by atoms with Gasteiger partial charge in [-0.1, -0.05) is 5.92 Å². The first-order valence-electron chi connectivity index (χ1n) is 2.90. The maximum atomic E-state index is 8.45. The van der Waals surface area contributed by atoms with E-state index >= 15 is 0 Å². The van der Waals surface area contributed by atoms with Crippen LogP contribution in [0.4, 0.5) is 5.82 Å². The van der Waals surface area contributed by atoms with Gasteiger partial charge >= 0.3 is 0 Å². The molecule has 0 unspecified atom stereocenters. The molecule has 0 atom stereocenters. The maximum absolute atomic E-state index is 8.45. The van der Waals surface area contributed by atoms with Gasteiger partial charge in [0.2, 0.25) is 0 Å². The number of rotatable bonds is 0. The largest absolute Gasteiger partial charge is 0.383 e. The van der Waals surface area contributed by atoms with Crippen LogP contribution in [0.15, 0.2) is 12.3 Å². The van der Waals surface area contributed by atoms with E-state index in [9.17, 15) is 0 Å². The second-order valence-electron chi connectivity index (χ2n) is 1.91. The highest BCUT2D eigenvalue weighted by atomic mass is 14.8. The van der Waals surface area contributed by atoms with Crippen molar-refractivity contribution >= 4 is 5.82 Å². The van der Waals surface area contributed by atoms with Crippen LogP contribution in [0.3, 0.4) is 0 Å². The van der Waals surface area contributed by atoms with Crippen LogP contribution in [0.2, 0.25) is 0 Å². The number of nitriles is 1. The molecule has 0 aliphatic carbocycles. The highest BCUT2D eigenvalue weighted by Crippen LogP contribution is 2.07. The number of anilines is 1. The summed E-state index contributed by atoms with van der Waals surface area (Å²) in [6.45, 7) is 0. The van der Waals surface area contributed by atoms with Gasteiger partial charge in [-0.25, -0.2) is 4.98 Å². The topological polar surface area (TPSA) is 62.7 Å². The van der Waals surface area contributed by atoms with Gasteiger partial charge in [0.05, 0.1) is 11.1 Å². The van der Waals surface area contributed by atoms with Gasteiger partial charge < -0.3 is 5.73 Å². The number of nitrogens with two attached hydrogens (primary N) is 1. The van der Waals surface area contributed by atoms with Gasteiger partial charge in [-0.3, -0.25) is 0 Å². The summed E-state index contributed by atoms with van der Waals surface area (Å²) >= 11 is 0. The van der Waals surface area contributed by atoms with Gasteiger partial charge in [-0.2, -0.15) is 5.26 Å². The van der Waals surface area contributed by atoms with E-state index in [0.29, 0.717) is 11.1 Å². The predicted molar refractivity (Wildman–Crippen MR) is 41.3 cm³/mol. The number of nitrogen functional groups attached to an aromatic ring is 1. The third-order valence-electron chi connectivity index (χ3n) is 1.20. The van der Waals surface area contributed by atoms with Gasteiger partial charge in [-0.05, 0) is 6.07 Å². The van der Waals surface area contributed by atoms with Crippen LogP contribution in [0, 0.1) is 23.7 Å². The molecule has 0 spiro atoms. The fraction of sp³-hybridized carbons (Fsp3) is 0. The lowest BCUT2D eigenvalue weighted by molar-refractivity contribution is 1.30. The Morgan fingerprint density at radius 3 is 2.91 bits per heavy atom. The fourth-order valence-corrected chi connectivity index (χ4v) is 0.652. The number of nitrogens with zero attached hydrogens (tertiary/aromatic N) is 2. The Labute approximate surface area is 64.5 Å². The van der Waals surface area contributed by atoms with Crippen LogP contribution < -0.4 is 5.73 Å². The highest BCUT2D eigenvalue weighted by Gasteiger charge is 1.97. The number of hydrogen-bond acceptors (Lipinski definition) is 3. The molecule has 0 saturated heterocycles. The van der Waals surface area contributed by atoms with E-state index in [4.69, 9.17) is 17.4 Å². The molecule has 1 aromatic rings. The summed E-state index contributed by atoms with van der Waals surface area (Å²) in [6, 6.07) is 3.45. The Bertz CT molecular complexity index is 355. The Morgan fingerprint density at radius 1 is 1.64 bits per heavy atom. The second-order valence-corrected chi connectivity index (χ2v) is 1.91. The first kappa shape index (κ1) is 7.11. The van der Waals surface area contributed by atoms with Gasteiger partial charge in [0.15, 0.2) is 0 Å². The minimum atomic E-state index is 0.284. The number of aromatic nitrogens is 1. The summed E-state index contributed by atoms with van der Waals surface area (Å²) in [4.78, 5) is 3.73. The normalized spacial score (nSPS) is 8.18. The van der Waals surface area contributed by atoms with Crippen molar-refractivity contribution in [2.45, 2.75) is 0 Å². The van der Waals surface area contributed by atoms with Crippen LogP contribution in [-0.2, 0) is 0 Å². The van der Waals surface area contributed by atoms with Crippen molar-refractivity contribution in [1.29, 1.82) is 5.26 Å². The Kier molecular flexibility index (Phi) is 1.76. The van der Waals surface area contributed by atoms with Gasteiger partial charge in [-0.15, -0.1) is 6.42 Å². The van der Waals surface area contributed by atoms with Crippen molar-refractivity contribution in [1.82, 2.24) is 4.98 Å². The van der Waals surface area contributed by atoms with Gasteiger partial charge in [0, 0.05) is 6.20 Å². The predicted octanol–water partition coefficient (Wildman–Crippen LogP) is 0.517. The van der Waals surface area contributed by atoms with E-state index in [1.165, 1.54) is 12.3 Å². The molecule has 0 aliphatic rings. The molecule has 0 aromatic carbocycles. The zero-order valence-electron chi connectivity index (χ0n) is 5.70. The molecule has 3 nitrogen and oxygen atoms in total. The van der Waals surface area contributed by atoms with Crippen molar-refractivity contribution in [3.63, 3.8) is 0 Å². The molecule has 0 amide bonds. The number of hydrogen-bond donors (Lipinski definition) is 1. The highest BCUT2D eigenvalue weighted by molar-refractivity contribution is 5.52. The fourth-order valence-electron chi connectivity index (χ4n) is 0.652. The monoisotopic (exact) mass is 143 g/mol. The summed E-state index contributed by atoms with van der Waals surface area (Å²) in [7, 11) is 0. The van der Waals surface area contributed by atoms with Crippen LogP contribution >= 0.6 is 0 Å². The molecular weight excluding hydrogens is 138 g/mol. The van der Waals surface area contributed by atoms with E-state index in [0.717, 1.165) is 0 Å². The van der Waals surface area contributed by atoms with Crippen LogP contribution in [0.1, 0.15) is 11.1 Å². The molecule has 0 aliphatic heterocycles. The standard InChI is InChI=1S/C8H5N3/c1-2-7-3-6(4-9)5-11-8(7)10/h1,3,5H,(H2,10,11). The summed E-state index contributed by atoms with van der Waals surface area (Å²) < 4.78 is 0. The third-order valence-corrected chi connectivity index (χ3v) is 1.20. The van der Waals surface area contributed by atoms with E-state index in [1.54, 1.807) is 0 Å². The molecule has 3 heteroatoms. The number of pyridine rings is 1. The van der Waals surface area contributed by atoms with Crippen molar-refractivity contribution in [3.8, 4) is 18.4 Å². The summed E-state index contributed by atoms with van der Waals surface area (Å²) in [5.74, 6) is 2.62. The van der Waals surface area contributed by atoms with Gasteiger partial charge in [0.25, 0.3) is 0 Å². The summed E-state index contributed by atoms with van der Waals surface area (Å²) in [5, 5.41) is 8.45. The molecule has 1 aromatic heterocycles. The molecule has 0 bridgehead atoms. The van der Waals surface area contributed by atoms with Crippen molar-refractivity contribution in [2.75, 3.05) is 5.73 Å². The van der Waals surface area contributed by atoms with Crippen LogP contribution in [0.25, 0.3) is 0 Å². The number of terminal acetylenes is 1. The minimum absolute atomic E-state index is 0.284. The average molecular weight is 143 g/mol. The molecule has 0 saturated carbocycles. The van der Waals surface area contributed by atoms with E-state index in [2.05, 4.69) is 10.9 Å². The molecule has 0 fully saturated rings. The maximum Gasteiger partial charge on any atom is 0.139 e. The quantitative estimate of drug-likeness (QED) is 0.538. The first-order chi connectivity index (χ1) is 5.27. The van der Waals surface area contributed by atoms with Crippen molar-refractivity contribution in [3.05, 3.63) is 23.4 Å². The lowest BCUT2D eigenvalue weighted by atomic mass is 10.2. The van der Waals surface area contributed by atoms with E-state index < -0.39 is 0 Å². The molecule has 11 heavy (non-hydrogen) atoms. The Morgan fingerprint density at radius 2 is 2.36 bits per heavy atom. The SMILES string of the molecule is C#Cc1cc(C#N)cnc1N. The summed E-state index contributed by atoms with van der Waals surface area (Å²) in [6.07, 6.45) is 6.48. The molecule has 52 valence electrons. The van der Waals surface area contributed by atoms with Crippen molar-refractivity contribution in [2.24, 2.45) is 0 Å². The minimum Gasteiger partial charge on any atom is -0.383 e. The molecule has 2 N–H and O–H groups in total. The van der Waals surface area contributed by atoms with E-state index in [-0.39, 0.29) is 5.82 Å². The molecular formula is C8H5N3. The van der Waals surface area contributed by atoms with E-state index in [1.807, 2.05) is 6.07 Å². The molecule has 1 rings (SSSR count). The first-order valence-corrected chi connectivity index (χ1v) is 2.90. The summed E-state index contributed by atoms with van der Waals surface area (Å²) in [5.41, 5.74) is 6.28.